The summed E-state index contributed by atoms with van der Waals surface area (Å²) in [4.78, 5) is 12.5. The van der Waals surface area contributed by atoms with Crippen LogP contribution < -0.4 is 0 Å². The molecule has 0 radical (unpaired) electrons. The average molecular weight is 264 g/mol. The fourth-order valence-electron chi connectivity index (χ4n) is 2.42. The molecule has 3 nitrogen and oxygen atoms in total. The number of nitrogens with zero attached hydrogens (tertiary/aromatic N) is 2. The number of ketones is 1. The van der Waals surface area contributed by atoms with E-state index in [0.29, 0.717) is 6.42 Å². The molecule has 0 amide bonds. The molecule has 3 heteroatoms. The Balaban J connectivity index is 1.92. The third-order valence-corrected chi connectivity index (χ3v) is 3.47. The molecule has 0 N–H and O–H groups in total. The molecule has 20 heavy (non-hydrogen) atoms. The average Bonchev–Trinajstić information content (AvgIpc) is 2.94. The van der Waals surface area contributed by atoms with Gasteiger partial charge in [0.2, 0.25) is 0 Å². The molecule has 1 aromatic heterocycles. The van der Waals surface area contributed by atoms with Crippen LogP contribution in [-0.4, -0.2) is 15.6 Å². The van der Waals surface area contributed by atoms with E-state index in [1.165, 1.54) is 0 Å². The molecule has 1 heterocycles. The highest BCUT2D eigenvalue weighted by molar-refractivity contribution is 6.08. The SMILES string of the molecule is CCn1cc(CC(=O)c2cccc3ccccc23)cn1. The zero-order valence-electron chi connectivity index (χ0n) is 11.4. The van der Waals surface area contributed by atoms with Crippen molar-refractivity contribution in [2.24, 2.45) is 0 Å². The number of hydrogen-bond acceptors (Lipinski definition) is 2. The lowest BCUT2D eigenvalue weighted by Crippen LogP contribution is -2.03. The number of carbonyl (C=O) groups is 1. The van der Waals surface area contributed by atoms with Crippen LogP contribution in [0.25, 0.3) is 10.8 Å². The summed E-state index contributed by atoms with van der Waals surface area (Å²) in [6, 6.07) is 13.8. The maximum Gasteiger partial charge on any atom is 0.167 e. The normalized spacial score (nSPS) is 10.8. The van der Waals surface area contributed by atoms with E-state index in [2.05, 4.69) is 5.10 Å². The van der Waals surface area contributed by atoms with Crippen LogP contribution in [-0.2, 0) is 13.0 Å². The highest BCUT2D eigenvalue weighted by Crippen LogP contribution is 2.20. The van der Waals surface area contributed by atoms with Crippen molar-refractivity contribution in [1.82, 2.24) is 9.78 Å². The lowest BCUT2D eigenvalue weighted by molar-refractivity contribution is 0.0994. The van der Waals surface area contributed by atoms with Gasteiger partial charge in [0.1, 0.15) is 0 Å². The minimum absolute atomic E-state index is 0.137. The van der Waals surface area contributed by atoms with E-state index in [4.69, 9.17) is 0 Å². The highest BCUT2D eigenvalue weighted by atomic mass is 16.1. The second-order valence-electron chi connectivity index (χ2n) is 4.83. The standard InChI is InChI=1S/C17H16N2O/c1-2-19-12-13(11-18-19)10-17(20)16-9-5-7-14-6-3-4-8-15(14)16/h3-9,11-12H,2,10H2,1H3. The molecule has 0 bridgehead atoms. The van der Waals surface area contributed by atoms with Crippen molar-refractivity contribution in [3.63, 3.8) is 0 Å². The summed E-state index contributed by atoms with van der Waals surface area (Å²) in [7, 11) is 0. The van der Waals surface area contributed by atoms with Crippen molar-refractivity contribution in [1.29, 1.82) is 0 Å². The fourth-order valence-corrected chi connectivity index (χ4v) is 2.42. The van der Waals surface area contributed by atoms with Gasteiger partial charge in [-0.2, -0.15) is 5.10 Å². The Kier molecular flexibility index (Phi) is 3.33. The summed E-state index contributed by atoms with van der Waals surface area (Å²) in [5.74, 6) is 0.137. The van der Waals surface area contributed by atoms with Crippen molar-refractivity contribution in [2.45, 2.75) is 19.9 Å². The van der Waals surface area contributed by atoms with Crippen molar-refractivity contribution in [3.05, 3.63) is 66.0 Å². The van der Waals surface area contributed by atoms with E-state index in [0.717, 1.165) is 28.4 Å². The van der Waals surface area contributed by atoms with Gasteiger partial charge in [-0.05, 0) is 23.3 Å². The number of Topliss-reactive ketones (excluding diaryl/α,β-unsaturated/α-hetero) is 1. The molecular weight excluding hydrogens is 248 g/mol. The number of aryl methyl sites for hydroxylation is 1. The smallest absolute Gasteiger partial charge is 0.167 e. The van der Waals surface area contributed by atoms with Gasteiger partial charge in [-0.25, -0.2) is 0 Å². The number of aromatic nitrogens is 2. The predicted octanol–water partition coefficient (Wildman–Crippen LogP) is 3.48. The number of hydrogen-bond donors (Lipinski definition) is 0. The van der Waals surface area contributed by atoms with Crippen LogP contribution in [0.3, 0.4) is 0 Å². The minimum Gasteiger partial charge on any atom is -0.294 e. The highest BCUT2D eigenvalue weighted by Gasteiger charge is 2.11. The largest absolute Gasteiger partial charge is 0.294 e. The van der Waals surface area contributed by atoms with E-state index in [1.807, 2.05) is 60.3 Å². The first kappa shape index (κ1) is 12.6. The molecule has 0 unspecified atom stereocenters. The Morgan fingerprint density at radius 2 is 1.95 bits per heavy atom. The van der Waals surface area contributed by atoms with E-state index < -0.39 is 0 Å². The molecule has 0 aliphatic rings. The van der Waals surface area contributed by atoms with Gasteiger partial charge in [-0.3, -0.25) is 9.48 Å². The molecule has 0 fully saturated rings. The van der Waals surface area contributed by atoms with Gasteiger partial charge in [0.25, 0.3) is 0 Å². The zero-order chi connectivity index (χ0) is 13.9. The number of carbonyl (C=O) groups excluding carboxylic acids is 1. The van der Waals surface area contributed by atoms with Crippen LogP contribution in [0.1, 0.15) is 22.8 Å². The van der Waals surface area contributed by atoms with Crippen LogP contribution >= 0.6 is 0 Å². The molecule has 2 aromatic carbocycles. The number of benzene rings is 2. The topological polar surface area (TPSA) is 34.9 Å². The van der Waals surface area contributed by atoms with Crippen molar-refractivity contribution in [3.8, 4) is 0 Å². The fraction of sp³-hybridized carbons (Fsp3) is 0.176. The lowest BCUT2D eigenvalue weighted by atomic mass is 9.98. The van der Waals surface area contributed by atoms with Crippen LogP contribution in [0.5, 0.6) is 0 Å². The molecule has 0 atom stereocenters. The first-order valence-corrected chi connectivity index (χ1v) is 6.80. The number of rotatable bonds is 4. The molecule has 3 rings (SSSR count). The van der Waals surface area contributed by atoms with E-state index in [-0.39, 0.29) is 5.78 Å². The molecule has 0 aliphatic carbocycles. The van der Waals surface area contributed by atoms with Gasteiger partial charge >= 0.3 is 0 Å². The maximum atomic E-state index is 12.5. The van der Waals surface area contributed by atoms with E-state index >= 15 is 0 Å². The zero-order valence-corrected chi connectivity index (χ0v) is 11.4. The summed E-state index contributed by atoms with van der Waals surface area (Å²) in [5.41, 5.74) is 1.75. The van der Waals surface area contributed by atoms with Gasteiger partial charge in [0, 0.05) is 24.7 Å². The monoisotopic (exact) mass is 264 g/mol. The second-order valence-corrected chi connectivity index (χ2v) is 4.83. The van der Waals surface area contributed by atoms with Gasteiger partial charge < -0.3 is 0 Å². The minimum atomic E-state index is 0.137. The Bertz CT molecular complexity index is 753. The summed E-state index contributed by atoms with van der Waals surface area (Å²) in [6.07, 6.45) is 4.10. The molecule has 0 saturated carbocycles. The maximum absolute atomic E-state index is 12.5. The Morgan fingerprint density at radius 1 is 1.15 bits per heavy atom. The van der Waals surface area contributed by atoms with Crippen molar-refractivity contribution in [2.75, 3.05) is 0 Å². The van der Waals surface area contributed by atoms with Crippen molar-refractivity contribution < 1.29 is 4.79 Å². The quantitative estimate of drug-likeness (QED) is 0.676. The van der Waals surface area contributed by atoms with Crippen LogP contribution in [0.15, 0.2) is 54.9 Å². The first-order chi connectivity index (χ1) is 9.78. The van der Waals surface area contributed by atoms with Gasteiger partial charge in [0.05, 0.1) is 6.20 Å². The van der Waals surface area contributed by atoms with Gasteiger partial charge in [-0.1, -0.05) is 42.5 Å². The Morgan fingerprint density at radius 3 is 2.75 bits per heavy atom. The van der Waals surface area contributed by atoms with Crippen LogP contribution in [0.2, 0.25) is 0 Å². The Labute approximate surface area is 117 Å². The number of fused-ring (bicyclic) bond motifs is 1. The molecule has 100 valence electrons. The van der Waals surface area contributed by atoms with Gasteiger partial charge in [0.15, 0.2) is 5.78 Å². The summed E-state index contributed by atoms with van der Waals surface area (Å²) in [5, 5.41) is 6.32. The Hall–Kier alpha value is -2.42. The molecule has 0 saturated heterocycles. The van der Waals surface area contributed by atoms with Crippen LogP contribution in [0, 0.1) is 0 Å². The summed E-state index contributed by atoms with van der Waals surface area (Å²) in [6.45, 7) is 2.85. The predicted molar refractivity (Wildman–Crippen MR) is 79.9 cm³/mol. The third-order valence-electron chi connectivity index (χ3n) is 3.47. The summed E-state index contributed by atoms with van der Waals surface area (Å²) >= 11 is 0. The third kappa shape index (κ3) is 2.35. The van der Waals surface area contributed by atoms with Crippen LogP contribution in [0.4, 0.5) is 0 Å². The first-order valence-electron chi connectivity index (χ1n) is 6.80. The molecule has 0 aliphatic heterocycles. The van der Waals surface area contributed by atoms with Crippen molar-refractivity contribution >= 4 is 16.6 Å². The van der Waals surface area contributed by atoms with Gasteiger partial charge in [-0.15, -0.1) is 0 Å². The van der Waals surface area contributed by atoms with E-state index in [9.17, 15) is 4.79 Å². The summed E-state index contributed by atoms with van der Waals surface area (Å²) < 4.78 is 1.84. The molecular formula is C17H16N2O. The molecule has 0 spiro atoms. The van der Waals surface area contributed by atoms with E-state index in [1.54, 1.807) is 6.20 Å². The lowest BCUT2D eigenvalue weighted by Gasteiger charge is -2.04. The second kappa shape index (κ2) is 5.29. The molecule has 3 aromatic rings.